The molecule has 0 radical (unpaired) electrons. The molecule has 2 N–H and O–H groups in total. The SMILES string of the molecule is COc1ccc(S(=O)(=O)N2C[C@H](O)COC[C@@H]3O[C@@H](CC(=O)NCCCN4CCOCC4)CC[C@H]32)cc1. The molecule has 0 spiro atoms. The molecule has 0 unspecified atom stereocenters. The van der Waals surface area contributed by atoms with Gasteiger partial charge >= 0.3 is 0 Å². The Morgan fingerprint density at radius 1 is 1.14 bits per heavy atom. The Bertz CT molecular complexity index is 971. The van der Waals surface area contributed by atoms with Crippen molar-refractivity contribution < 1.29 is 37.3 Å². The number of aliphatic hydroxyl groups is 1. The summed E-state index contributed by atoms with van der Waals surface area (Å²) in [5.41, 5.74) is 0. The summed E-state index contributed by atoms with van der Waals surface area (Å²) in [7, 11) is -2.39. The molecule has 0 aliphatic carbocycles. The van der Waals surface area contributed by atoms with Crippen molar-refractivity contribution in [3.8, 4) is 5.75 Å². The fourth-order valence-electron chi connectivity index (χ4n) is 5.09. The molecule has 3 fully saturated rings. The zero-order valence-electron chi connectivity index (χ0n) is 21.4. The number of hydrogen-bond donors (Lipinski definition) is 2. The first-order valence-corrected chi connectivity index (χ1v) is 14.4. The fourth-order valence-corrected chi connectivity index (χ4v) is 6.80. The van der Waals surface area contributed by atoms with E-state index >= 15 is 0 Å². The summed E-state index contributed by atoms with van der Waals surface area (Å²) in [6, 6.07) is 5.69. The minimum Gasteiger partial charge on any atom is -0.497 e. The summed E-state index contributed by atoms with van der Waals surface area (Å²) in [5, 5.41) is 13.3. The van der Waals surface area contributed by atoms with E-state index in [2.05, 4.69) is 10.2 Å². The molecule has 11 nitrogen and oxygen atoms in total. The van der Waals surface area contributed by atoms with Crippen molar-refractivity contribution in [1.29, 1.82) is 0 Å². The first-order chi connectivity index (χ1) is 17.9. The van der Waals surface area contributed by atoms with Crippen molar-refractivity contribution in [2.24, 2.45) is 0 Å². The summed E-state index contributed by atoms with van der Waals surface area (Å²) in [4.78, 5) is 15.0. The monoisotopic (exact) mass is 541 g/mol. The van der Waals surface area contributed by atoms with Gasteiger partial charge < -0.3 is 29.4 Å². The lowest BCUT2D eigenvalue weighted by Crippen LogP contribution is -2.57. The molecule has 37 heavy (non-hydrogen) atoms. The predicted octanol–water partition coefficient (Wildman–Crippen LogP) is 0.222. The summed E-state index contributed by atoms with van der Waals surface area (Å²) in [6.07, 6.45) is 0.325. The van der Waals surface area contributed by atoms with E-state index in [1.807, 2.05) is 0 Å². The molecule has 0 aromatic heterocycles. The zero-order valence-corrected chi connectivity index (χ0v) is 22.2. The van der Waals surface area contributed by atoms with Crippen LogP contribution in [0.3, 0.4) is 0 Å². The Morgan fingerprint density at radius 3 is 2.62 bits per heavy atom. The Morgan fingerprint density at radius 2 is 1.89 bits per heavy atom. The van der Waals surface area contributed by atoms with E-state index in [1.54, 1.807) is 12.1 Å². The van der Waals surface area contributed by atoms with Gasteiger partial charge in [0.05, 0.1) is 69.2 Å². The summed E-state index contributed by atoms with van der Waals surface area (Å²) in [6.45, 7) is 4.97. The van der Waals surface area contributed by atoms with E-state index in [9.17, 15) is 18.3 Å². The van der Waals surface area contributed by atoms with Crippen molar-refractivity contribution in [2.45, 2.75) is 54.9 Å². The molecule has 0 bridgehead atoms. The number of fused-ring (bicyclic) bond motifs is 1. The van der Waals surface area contributed by atoms with Crippen molar-refractivity contribution >= 4 is 15.9 Å². The van der Waals surface area contributed by atoms with Crippen molar-refractivity contribution in [3.05, 3.63) is 24.3 Å². The van der Waals surface area contributed by atoms with Crippen molar-refractivity contribution in [3.63, 3.8) is 0 Å². The quantitative estimate of drug-likeness (QED) is 0.422. The largest absolute Gasteiger partial charge is 0.497 e. The lowest BCUT2D eigenvalue weighted by atomic mass is 9.96. The number of carbonyl (C=O) groups is 1. The Hall–Kier alpha value is -1.80. The van der Waals surface area contributed by atoms with Crippen LogP contribution in [0, 0.1) is 0 Å². The number of benzene rings is 1. The molecule has 4 atom stereocenters. The van der Waals surface area contributed by atoms with Crippen LogP contribution < -0.4 is 10.1 Å². The van der Waals surface area contributed by atoms with Crippen LogP contribution in [0.25, 0.3) is 0 Å². The molecular formula is C25H39N3O8S. The number of carbonyl (C=O) groups excluding carboxylic acids is 1. The van der Waals surface area contributed by atoms with Crippen LogP contribution in [0.5, 0.6) is 5.75 Å². The van der Waals surface area contributed by atoms with Gasteiger partial charge in [-0.05, 0) is 50.1 Å². The summed E-state index contributed by atoms with van der Waals surface area (Å²) >= 11 is 0. The zero-order chi connectivity index (χ0) is 26.3. The molecule has 12 heteroatoms. The third-order valence-electron chi connectivity index (χ3n) is 7.09. The molecule has 3 saturated heterocycles. The molecule has 1 aromatic rings. The third-order valence-corrected chi connectivity index (χ3v) is 9.00. The predicted molar refractivity (Wildman–Crippen MR) is 135 cm³/mol. The molecule has 1 aromatic carbocycles. The highest BCUT2D eigenvalue weighted by atomic mass is 32.2. The van der Waals surface area contributed by atoms with Gasteiger partial charge in [-0.15, -0.1) is 0 Å². The van der Waals surface area contributed by atoms with Gasteiger partial charge in [-0.2, -0.15) is 4.31 Å². The highest BCUT2D eigenvalue weighted by Crippen LogP contribution is 2.32. The summed E-state index contributed by atoms with van der Waals surface area (Å²) < 4.78 is 50.8. The van der Waals surface area contributed by atoms with E-state index in [1.165, 1.54) is 23.5 Å². The number of sulfonamides is 1. The van der Waals surface area contributed by atoms with E-state index in [4.69, 9.17) is 18.9 Å². The lowest BCUT2D eigenvalue weighted by Gasteiger charge is -2.43. The fraction of sp³-hybridized carbons (Fsp3) is 0.720. The van der Waals surface area contributed by atoms with Crippen LogP contribution in [0.15, 0.2) is 29.2 Å². The highest BCUT2D eigenvalue weighted by Gasteiger charge is 2.43. The second-order valence-electron chi connectivity index (χ2n) is 9.74. The molecule has 4 rings (SSSR count). The second kappa shape index (κ2) is 13.3. The van der Waals surface area contributed by atoms with Crippen LogP contribution >= 0.6 is 0 Å². The van der Waals surface area contributed by atoms with E-state index in [-0.39, 0.29) is 43.1 Å². The van der Waals surface area contributed by atoms with E-state index in [0.717, 1.165) is 39.3 Å². The highest BCUT2D eigenvalue weighted by molar-refractivity contribution is 7.89. The number of hydrogen-bond acceptors (Lipinski definition) is 9. The standard InChI is InChI=1S/C25H39N3O8S/c1-33-20-3-6-22(7-4-20)37(31,32)28-16-19(29)17-35-18-24-23(28)8-5-21(36-24)15-25(30)26-9-2-10-27-11-13-34-14-12-27/h3-4,6-7,19,21,23-24,29H,2,5,8-18H2,1H3,(H,26,30)/t19-,21+,23+,24-/m0/s1. The van der Waals surface area contributed by atoms with Gasteiger partial charge in [-0.25, -0.2) is 8.42 Å². The maximum absolute atomic E-state index is 13.6. The number of rotatable bonds is 9. The average Bonchev–Trinajstić information content (AvgIpc) is 2.90. The molecule has 208 valence electrons. The van der Waals surface area contributed by atoms with Crippen LogP contribution in [0.2, 0.25) is 0 Å². The van der Waals surface area contributed by atoms with Gasteiger partial charge in [0.25, 0.3) is 0 Å². The number of methoxy groups -OCH3 is 1. The minimum atomic E-state index is -3.90. The number of amides is 1. The molecule has 0 saturated carbocycles. The molecular weight excluding hydrogens is 502 g/mol. The van der Waals surface area contributed by atoms with Crippen LogP contribution in [-0.2, 0) is 29.0 Å². The van der Waals surface area contributed by atoms with Crippen LogP contribution in [0.4, 0.5) is 0 Å². The smallest absolute Gasteiger partial charge is 0.243 e. The topological polar surface area (TPSA) is 127 Å². The number of β-amino-alcohol motifs (C(OH)–C–C–N with tert-alkyl or cyclic N) is 1. The molecule has 3 heterocycles. The minimum absolute atomic E-state index is 0.00943. The Balaban J connectivity index is 1.33. The molecule has 3 aliphatic heterocycles. The van der Waals surface area contributed by atoms with E-state index in [0.29, 0.717) is 25.1 Å². The van der Waals surface area contributed by atoms with Crippen molar-refractivity contribution in [1.82, 2.24) is 14.5 Å². The molecule has 1 amide bonds. The van der Waals surface area contributed by atoms with Gasteiger partial charge in [-0.3, -0.25) is 9.69 Å². The van der Waals surface area contributed by atoms with Gasteiger partial charge in [0.15, 0.2) is 0 Å². The van der Waals surface area contributed by atoms with Gasteiger partial charge in [-0.1, -0.05) is 0 Å². The maximum atomic E-state index is 13.6. The second-order valence-corrected chi connectivity index (χ2v) is 11.6. The van der Waals surface area contributed by atoms with Crippen molar-refractivity contribution in [2.75, 3.05) is 66.3 Å². The third kappa shape index (κ3) is 7.62. The number of ether oxygens (including phenoxy) is 4. The Labute approximate surface area is 219 Å². The van der Waals surface area contributed by atoms with Gasteiger partial charge in [0.1, 0.15) is 5.75 Å². The summed E-state index contributed by atoms with van der Waals surface area (Å²) in [5.74, 6) is 0.483. The van der Waals surface area contributed by atoms with Crippen LogP contribution in [0.1, 0.15) is 25.7 Å². The normalized spacial score (nSPS) is 28.1. The lowest BCUT2D eigenvalue weighted by molar-refractivity contribution is -0.146. The number of nitrogens with zero attached hydrogens (tertiary/aromatic N) is 2. The first kappa shape index (κ1) is 28.2. The maximum Gasteiger partial charge on any atom is 0.243 e. The van der Waals surface area contributed by atoms with E-state index < -0.39 is 28.3 Å². The number of morpholine rings is 1. The average molecular weight is 542 g/mol. The van der Waals surface area contributed by atoms with Crippen LogP contribution in [-0.4, -0.2) is 119 Å². The number of nitrogens with one attached hydrogen (secondary N) is 1. The molecule has 3 aliphatic rings. The first-order valence-electron chi connectivity index (χ1n) is 13.0. The van der Waals surface area contributed by atoms with Gasteiger partial charge in [0, 0.05) is 26.2 Å². The Kier molecular flexibility index (Phi) is 10.2. The number of aliphatic hydroxyl groups excluding tert-OH is 1. The van der Waals surface area contributed by atoms with Gasteiger partial charge in [0.2, 0.25) is 15.9 Å².